The number of alkyl halides is 3. The van der Waals surface area contributed by atoms with Gasteiger partial charge in [0, 0.05) is 11.9 Å². The molecule has 0 aliphatic carbocycles. The van der Waals surface area contributed by atoms with E-state index >= 15 is 0 Å². The number of nitrogens with zero attached hydrogens (tertiary/aromatic N) is 1. The molecule has 0 fully saturated rings. The topological polar surface area (TPSA) is 51.2 Å². The quantitative estimate of drug-likeness (QED) is 0.630. The van der Waals surface area contributed by atoms with Gasteiger partial charge in [-0.3, -0.25) is 4.79 Å². The van der Waals surface area contributed by atoms with Gasteiger partial charge in [-0.15, -0.1) is 0 Å². The van der Waals surface area contributed by atoms with E-state index < -0.39 is 29.3 Å². The average Bonchev–Trinajstić information content (AvgIpc) is 2.63. The second kappa shape index (κ2) is 7.45. The Hall–Kier alpha value is -3.42. The Morgan fingerprint density at radius 1 is 0.963 bits per heavy atom. The number of hydrogen-bond donors (Lipinski definition) is 1. The summed E-state index contributed by atoms with van der Waals surface area (Å²) in [4.78, 5) is 15.7. The normalized spacial score (nSPS) is 11.1. The lowest BCUT2D eigenvalue weighted by molar-refractivity contribution is -0.138. The molecule has 0 aliphatic heterocycles. The van der Waals surface area contributed by atoms with Crippen molar-refractivity contribution in [2.24, 2.45) is 0 Å². The molecule has 1 amide bonds. The van der Waals surface area contributed by atoms with E-state index in [-0.39, 0.29) is 11.3 Å². The first-order valence-electron chi connectivity index (χ1n) is 7.70. The number of anilines is 1. The molecule has 138 valence electrons. The van der Waals surface area contributed by atoms with Gasteiger partial charge in [0.15, 0.2) is 0 Å². The first-order chi connectivity index (χ1) is 12.8. The maximum atomic E-state index is 13.6. The van der Waals surface area contributed by atoms with Gasteiger partial charge in [0.25, 0.3) is 5.91 Å². The SMILES string of the molecule is O=C(Nc1ccc(Oc2ncccc2C(F)(F)F)cc1)c1ccccc1F. The molecule has 1 heterocycles. The second-order valence-electron chi connectivity index (χ2n) is 5.41. The Morgan fingerprint density at radius 2 is 1.67 bits per heavy atom. The Morgan fingerprint density at radius 3 is 2.33 bits per heavy atom. The molecular formula is C19H12F4N2O2. The second-order valence-corrected chi connectivity index (χ2v) is 5.41. The summed E-state index contributed by atoms with van der Waals surface area (Å²) in [5.41, 5.74) is -0.796. The smallest absolute Gasteiger partial charge is 0.421 e. The molecule has 27 heavy (non-hydrogen) atoms. The number of carbonyl (C=O) groups excluding carboxylic acids is 1. The summed E-state index contributed by atoms with van der Waals surface area (Å²) in [5.74, 6) is -1.79. The van der Waals surface area contributed by atoms with Crippen molar-refractivity contribution in [2.45, 2.75) is 6.18 Å². The highest BCUT2D eigenvalue weighted by Crippen LogP contribution is 2.36. The molecular weight excluding hydrogens is 364 g/mol. The summed E-state index contributed by atoms with van der Waals surface area (Å²) in [6.45, 7) is 0. The summed E-state index contributed by atoms with van der Waals surface area (Å²) in [5, 5.41) is 2.50. The van der Waals surface area contributed by atoms with E-state index in [1.54, 1.807) is 0 Å². The number of benzene rings is 2. The van der Waals surface area contributed by atoms with E-state index in [1.165, 1.54) is 48.7 Å². The molecule has 2 aromatic carbocycles. The van der Waals surface area contributed by atoms with Crippen LogP contribution in [0, 0.1) is 5.82 Å². The highest BCUT2D eigenvalue weighted by atomic mass is 19.4. The lowest BCUT2D eigenvalue weighted by atomic mass is 10.2. The van der Waals surface area contributed by atoms with Crippen LogP contribution in [0.4, 0.5) is 23.2 Å². The first-order valence-corrected chi connectivity index (χ1v) is 7.70. The number of pyridine rings is 1. The molecule has 3 aromatic rings. The van der Waals surface area contributed by atoms with Crippen LogP contribution >= 0.6 is 0 Å². The fraction of sp³-hybridized carbons (Fsp3) is 0.0526. The summed E-state index contributed by atoms with van der Waals surface area (Å²) >= 11 is 0. The molecule has 0 atom stereocenters. The predicted octanol–water partition coefficient (Wildman–Crippen LogP) is 5.28. The summed E-state index contributed by atoms with van der Waals surface area (Å²) in [6.07, 6.45) is -3.41. The molecule has 0 radical (unpaired) electrons. The van der Waals surface area contributed by atoms with Gasteiger partial charge < -0.3 is 10.1 Å². The van der Waals surface area contributed by atoms with Crippen molar-refractivity contribution in [3.05, 3.63) is 83.8 Å². The van der Waals surface area contributed by atoms with Gasteiger partial charge in [-0.05, 0) is 48.5 Å². The Balaban J connectivity index is 1.73. The zero-order chi connectivity index (χ0) is 19.4. The first kappa shape index (κ1) is 18.4. The zero-order valence-electron chi connectivity index (χ0n) is 13.6. The van der Waals surface area contributed by atoms with Crippen LogP contribution in [0.1, 0.15) is 15.9 Å². The number of rotatable bonds is 4. The minimum atomic E-state index is -4.60. The fourth-order valence-corrected chi connectivity index (χ4v) is 2.25. The van der Waals surface area contributed by atoms with Crippen LogP contribution in [0.25, 0.3) is 0 Å². The van der Waals surface area contributed by atoms with Crippen molar-refractivity contribution >= 4 is 11.6 Å². The number of amides is 1. The summed E-state index contributed by atoms with van der Waals surface area (Å²) < 4.78 is 57.7. The third-order valence-corrected chi connectivity index (χ3v) is 3.52. The predicted molar refractivity (Wildman–Crippen MR) is 90.1 cm³/mol. The highest BCUT2D eigenvalue weighted by Gasteiger charge is 2.35. The maximum absolute atomic E-state index is 13.6. The van der Waals surface area contributed by atoms with Crippen LogP contribution in [-0.4, -0.2) is 10.9 Å². The van der Waals surface area contributed by atoms with Gasteiger partial charge >= 0.3 is 6.18 Å². The van der Waals surface area contributed by atoms with E-state index in [2.05, 4.69) is 10.3 Å². The van der Waals surface area contributed by atoms with E-state index in [1.807, 2.05) is 0 Å². The number of nitrogens with one attached hydrogen (secondary N) is 1. The third kappa shape index (κ3) is 4.41. The van der Waals surface area contributed by atoms with Crippen molar-refractivity contribution in [3.8, 4) is 11.6 Å². The van der Waals surface area contributed by atoms with Crippen LogP contribution in [0.5, 0.6) is 11.6 Å². The number of hydrogen-bond acceptors (Lipinski definition) is 3. The molecule has 3 rings (SSSR count). The largest absolute Gasteiger partial charge is 0.438 e. The van der Waals surface area contributed by atoms with Gasteiger partial charge in [-0.25, -0.2) is 9.37 Å². The molecule has 8 heteroatoms. The molecule has 1 N–H and O–H groups in total. The lowest BCUT2D eigenvalue weighted by Gasteiger charge is -2.12. The van der Waals surface area contributed by atoms with Crippen LogP contribution in [0.15, 0.2) is 66.9 Å². The van der Waals surface area contributed by atoms with Crippen LogP contribution < -0.4 is 10.1 Å². The number of halogens is 4. The molecule has 1 aromatic heterocycles. The minimum Gasteiger partial charge on any atom is -0.438 e. The van der Waals surface area contributed by atoms with Crippen molar-refractivity contribution < 1.29 is 27.1 Å². The number of carbonyl (C=O) groups is 1. The zero-order valence-corrected chi connectivity index (χ0v) is 13.6. The van der Waals surface area contributed by atoms with E-state index in [0.29, 0.717) is 5.69 Å². The lowest BCUT2D eigenvalue weighted by Crippen LogP contribution is -2.13. The number of ether oxygens (including phenoxy) is 1. The molecule has 0 saturated carbocycles. The Bertz CT molecular complexity index is 956. The van der Waals surface area contributed by atoms with Crippen LogP contribution in [0.2, 0.25) is 0 Å². The van der Waals surface area contributed by atoms with Crippen molar-refractivity contribution in [2.75, 3.05) is 5.32 Å². The summed E-state index contributed by atoms with van der Waals surface area (Å²) in [6, 6.07) is 13.1. The molecule has 4 nitrogen and oxygen atoms in total. The van der Waals surface area contributed by atoms with Crippen molar-refractivity contribution in [1.29, 1.82) is 0 Å². The number of aromatic nitrogens is 1. The molecule has 0 spiro atoms. The molecule has 0 aliphatic rings. The van der Waals surface area contributed by atoms with Crippen molar-refractivity contribution in [3.63, 3.8) is 0 Å². The van der Waals surface area contributed by atoms with Crippen LogP contribution in [0.3, 0.4) is 0 Å². The molecule has 0 unspecified atom stereocenters. The third-order valence-electron chi connectivity index (χ3n) is 3.52. The van der Waals surface area contributed by atoms with Gasteiger partial charge in [0.2, 0.25) is 5.88 Å². The van der Waals surface area contributed by atoms with E-state index in [4.69, 9.17) is 4.74 Å². The minimum absolute atomic E-state index is 0.100. The highest BCUT2D eigenvalue weighted by molar-refractivity contribution is 6.04. The van der Waals surface area contributed by atoms with Gasteiger partial charge in [0.1, 0.15) is 17.1 Å². The Kier molecular flexibility index (Phi) is 5.07. The Labute approximate surface area is 151 Å². The molecule has 0 bridgehead atoms. The fourth-order valence-electron chi connectivity index (χ4n) is 2.25. The maximum Gasteiger partial charge on any atom is 0.421 e. The van der Waals surface area contributed by atoms with Gasteiger partial charge in [-0.2, -0.15) is 13.2 Å². The summed E-state index contributed by atoms with van der Waals surface area (Å²) in [7, 11) is 0. The monoisotopic (exact) mass is 376 g/mol. The average molecular weight is 376 g/mol. The van der Waals surface area contributed by atoms with Gasteiger partial charge in [-0.1, -0.05) is 12.1 Å². The van der Waals surface area contributed by atoms with Crippen molar-refractivity contribution in [1.82, 2.24) is 4.98 Å². The molecule has 0 saturated heterocycles. The van der Waals surface area contributed by atoms with Crippen LogP contribution in [-0.2, 0) is 6.18 Å². The standard InChI is InChI=1S/C19H12F4N2O2/c20-16-6-2-1-4-14(16)17(26)25-12-7-9-13(10-8-12)27-18-15(19(21,22)23)5-3-11-24-18/h1-11H,(H,25,26). The van der Waals surface area contributed by atoms with Gasteiger partial charge in [0.05, 0.1) is 5.56 Å². The van der Waals surface area contributed by atoms with E-state index in [9.17, 15) is 22.4 Å². The van der Waals surface area contributed by atoms with E-state index in [0.717, 1.165) is 18.2 Å².